The van der Waals surface area contributed by atoms with Gasteiger partial charge in [0, 0.05) is 6.42 Å². The highest BCUT2D eigenvalue weighted by molar-refractivity contribution is 9.10. The van der Waals surface area contributed by atoms with Crippen LogP contribution in [-0.2, 0) is 0 Å². The fourth-order valence-corrected chi connectivity index (χ4v) is 2.02. The van der Waals surface area contributed by atoms with Gasteiger partial charge in [0.15, 0.2) is 10.5 Å². The Morgan fingerprint density at radius 2 is 2.38 bits per heavy atom. The van der Waals surface area contributed by atoms with Gasteiger partial charge in [-0.2, -0.15) is 0 Å². The zero-order valence-corrected chi connectivity index (χ0v) is 8.84. The quantitative estimate of drug-likeness (QED) is 0.761. The Labute approximate surface area is 85.4 Å². The van der Waals surface area contributed by atoms with Gasteiger partial charge >= 0.3 is 0 Å². The molecule has 13 heavy (non-hydrogen) atoms. The highest BCUT2D eigenvalue weighted by Crippen LogP contribution is 2.31. The summed E-state index contributed by atoms with van der Waals surface area (Å²) in [6.07, 6.45) is 5.92. The van der Waals surface area contributed by atoms with E-state index in [1.807, 2.05) is 0 Å². The number of ketones is 1. The van der Waals surface area contributed by atoms with E-state index in [0.29, 0.717) is 22.6 Å². The van der Waals surface area contributed by atoms with Gasteiger partial charge in [0.25, 0.3) is 0 Å². The summed E-state index contributed by atoms with van der Waals surface area (Å²) in [5.41, 5.74) is 0.687. The Hall–Kier alpha value is -0.570. The first-order valence-electron chi connectivity index (χ1n) is 4.53. The molecule has 0 aliphatic heterocycles. The molecule has 0 atom stereocenters. The Kier molecular flexibility index (Phi) is 2.54. The number of hydrogen-bond acceptors (Lipinski definition) is 2. The number of Topliss-reactive ketones (excluding diaryl/α,β-unsaturated/α-hetero) is 1. The van der Waals surface area contributed by atoms with Crippen molar-refractivity contribution in [2.75, 3.05) is 0 Å². The Morgan fingerprint density at radius 1 is 1.62 bits per heavy atom. The molecule has 0 saturated heterocycles. The maximum atomic E-state index is 11.6. The molecule has 0 N–H and O–H groups in total. The number of halogens is 1. The Morgan fingerprint density at radius 3 is 2.85 bits per heavy atom. The summed E-state index contributed by atoms with van der Waals surface area (Å²) in [7, 11) is 0. The molecule has 0 amide bonds. The SMILES string of the molecule is O=C(CC1CCC1)c1ccoc1Br. The minimum absolute atomic E-state index is 0.199. The lowest BCUT2D eigenvalue weighted by Crippen LogP contribution is -2.15. The predicted octanol–water partition coefficient (Wildman–Crippen LogP) is 3.42. The predicted molar refractivity (Wildman–Crippen MR) is 52.7 cm³/mol. The summed E-state index contributed by atoms with van der Waals surface area (Å²) in [4.78, 5) is 11.6. The van der Waals surface area contributed by atoms with Gasteiger partial charge in [-0.25, -0.2) is 0 Å². The second-order valence-corrected chi connectivity index (χ2v) is 4.25. The molecule has 0 spiro atoms. The monoisotopic (exact) mass is 242 g/mol. The maximum absolute atomic E-state index is 11.6. The molecule has 0 aromatic carbocycles. The van der Waals surface area contributed by atoms with Gasteiger partial charge < -0.3 is 4.42 Å². The maximum Gasteiger partial charge on any atom is 0.179 e. The van der Waals surface area contributed by atoms with Crippen molar-refractivity contribution in [3.05, 3.63) is 22.6 Å². The fourth-order valence-electron chi connectivity index (χ4n) is 1.56. The summed E-state index contributed by atoms with van der Waals surface area (Å²) < 4.78 is 5.58. The minimum Gasteiger partial charge on any atom is -0.457 e. The van der Waals surface area contributed by atoms with Gasteiger partial charge in [-0.15, -0.1) is 0 Å². The number of rotatable bonds is 3. The molecule has 1 aliphatic rings. The second-order valence-electron chi connectivity index (χ2n) is 3.53. The summed E-state index contributed by atoms with van der Waals surface area (Å²) in [5.74, 6) is 0.819. The standard InChI is InChI=1S/C10H11BrO2/c11-10-8(4-5-13-10)9(12)6-7-2-1-3-7/h4-5,7H,1-3,6H2. The van der Waals surface area contributed by atoms with Crippen molar-refractivity contribution in [1.29, 1.82) is 0 Å². The lowest BCUT2D eigenvalue weighted by molar-refractivity contribution is 0.0935. The summed E-state index contributed by atoms with van der Waals surface area (Å²) >= 11 is 3.21. The van der Waals surface area contributed by atoms with Crippen LogP contribution in [0.25, 0.3) is 0 Å². The minimum atomic E-state index is 0.199. The largest absolute Gasteiger partial charge is 0.457 e. The first-order chi connectivity index (χ1) is 6.27. The van der Waals surface area contributed by atoms with E-state index in [9.17, 15) is 4.79 Å². The lowest BCUT2D eigenvalue weighted by atomic mass is 9.81. The Bertz CT molecular complexity index is 312. The molecule has 1 heterocycles. The van der Waals surface area contributed by atoms with Crippen molar-refractivity contribution in [2.24, 2.45) is 5.92 Å². The molecule has 1 saturated carbocycles. The van der Waals surface area contributed by atoms with E-state index < -0.39 is 0 Å². The van der Waals surface area contributed by atoms with Gasteiger partial charge in [-0.05, 0) is 27.9 Å². The van der Waals surface area contributed by atoms with Crippen molar-refractivity contribution in [3.8, 4) is 0 Å². The summed E-state index contributed by atoms with van der Waals surface area (Å²) in [6, 6.07) is 1.73. The van der Waals surface area contributed by atoms with Crippen molar-refractivity contribution >= 4 is 21.7 Å². The van der Waals surface area contributed by atoms with Gasteiger partial charge in [0.05, 0.1) is 11.8 Å². The van der Waals surface area contributed by atoms with E-state index in [1.165, 1.54) is 25.5 Å². The van der Waals surface area contributed by atoms with Crippen molar-refractivity contribution in [3.63, 3.8) is 0 Å². The first-order valence-corrected chi connectivity index (χ1v) is 5.33. The molecular formula is C10H11BrO2. The molecule has 2 rings (SSSR count). The molecule has 3 heteroatoms. The average Bonchev–Trinajstić information content (AvgIpc) is 2.43. The highest BCUT2D eigenvalue weighted by atomic mass is 79.9. The van der Waals surface area contributed by atoms with E-state index in [0.717, 1.165) is 0 Å². The molecule has 70 valence electrons. The third-order valence-corrected chi connectivity index (χ3v) is 3.23. The molecule has 1 aromatic heterocycles. The van der Waals surface area contributed by atoms with E-state index >= 15 is 0 Å². The van der Waals surface area contributed by atoms with Gasteiger partial charge in [-0.1, -0.05) is 19.3 Å². The number of carbonyl (C=O) groups is 1. The average molecular weight is 243 g/mol. The lowest BCUT2D eigenvalue weighted by Gasteiger charge is -2.24. The Balaban J connectivity index is 2.00. The summed E-state index contributed by atoms with van der Waals surface area (Å²) in [6.45, 7) is 0. The van der Waals surface area contributed by atoms with Crippen LogP contribution in [0.15, 0.2) is 21.4 Å². The van der Waals surface area contributed by atoms with Crippen LogP contribution in [0.1, 0.15) is 36.0 Å². The second kappa shape index (κ2) is 3.66. The first kappa shape index (κ1) is 9.00. The van der Waals surface area contributed by atoms with E-state index in [1.54, 1.807) is 6.07 Å². The zero-order chi connectivity index (χ0) is 9.26. The molecule has 1 aromatic rings. The normalized spacial score (nSPS) is 17.0. The molecule has 0 bridgehead atoms. The van der Waals surface area contributed by atoms with Crippen LogP contribution in [0.5, 0.6) is 0 Å². The molecule has 1 aliphatic carbocycles. The smallest absolute Gasteiger partial charge is 0.179 e. The van der Waals surface area contributed by atoms with Crippen LogP contribution >= 0.6 is 15.9 Å². The van der Waals surface area contributed by atoms with E-state index in [2.05, 4.69) is 15.9 Å². The number of hydrogen-bond donors (Lipinski definition) is 0. The molecule has 1 fully saturated rings. The van der Waals surface area contributed by atoms with Gasteiger partial charge in [0.1, 0.15) is 0 Å². The van der Waals surface area contributed by atoms with Crippen molar-refractivity contribution < 1.29 is 9.21 Å². The summed E-state index contributed by atoms with van der Waals surface area (Å²) in [5, 5.41) is 0. The molecular weight excluding hydrogens is 232 g/mol. The number of carbonyl (C=O) groups excluding carboxylic acids is 1. The molecule has 0 unspecified atom stereocenters. The third-order valence-electron chi connectivity index (χ3n) is 2.62. The zero-order valence-electron chi connectivity index (χ0n) is 7.25. The van der Waals surface area contributed by atoms with Crippen LogP contribution < -0.4 is 0 Å². The van der Waals surface area contributed by atoms with Crippen LogP contribution in [0.4, 0.5) is 0 Å². The van der Waals surface area contributed by atoms with Crippen LogP contribution in [0, 0.1) is 5.92 Å². The van der Waals surface area contributed by atoms with Gasteiger partial charge in [0.2, 0.25) is 0 Å². The number of furan rings is 1. The third kappa shape index (κ3) is 1.85. The topological polar surface area (TPSA) is 30.2 Å². The van der Waals surface area contributed by atoms with E-state index in [4.69, 9.17) is 4.42 Å². The van der Waals surface area contributed by atoms with Crippen LogP contribution in [0.2, 0.25) is 0 Å². The van der Waals surface area contributed by atoms with Crippen LogP contribution in [0.3, 0.4) is 0 Å². The van der Waals surface area contributed by atoms with Crippen molar-refractivity contribution in [2.45, 2.75) is 25.7 Å². The van der Waals surface area contributed by atoms with Crippen LogP contribution in [-0.4, -0.2) is 5.78 Å². The molecule has 0 radical (unpaired) electrons. The molecule has 2 nitrogen and oxygen atoms in total. The highest BCUT2D eigenvalue weighted by Gasteiger charge is 2.22. The van der Waals surface area contributed by atoms with Gasteiger partial charge in [-0.3, -0.25) is 4.79 Å². The van der Waals surface area contributed by atoms with Crippen molar-refractivity contribution in [1.82, 2.24) is 0 Å². The fraction of sp³-hybridized carbons (Fsp3) is 0.500. The van der Waals surface area contributed by atoms with E-state index in [-0.39, 0.29) is 5.78 Å².